The average molecular weight is 361 g/mol. The van der Waals surface area contributed by atoms with Crippen LogP contribution in [0.2, 0.25) is 0 Å². The Hall–Kier alpha value is -2.57. The van der Waals surface area contributed by atoms with Crippen molar-refractivity contribution < 1.29 is 19.1 Å². The van der Waals surface area contributed by atoms with E-state index >= 15 is 0 Å². The summed E-state index contributed by atoms with van der Waals surface area (Å²) < 4.78 is 5.13. The van der Waals surface area contributed by atoms with E-state index < -0.39 is 18.5 Å². The highest BCUT2D eigenvalue weighted by molar-refractivity contribution is 5.97. The molecule has 1 fully saturated rings. The molecular weight excluding hydrogens is 334 g/mol. The number of anilines is 1. The maximum Gasteiger partial charge on any atom is 0.340 e. The fourth-order valence-electron chi connectivity index (χ4n) is 2.33. The molecule has 26 heavy (non-hydrogen) atoms. The molecule has 1 aliphatic rings. The molecule has 0 aromatic heterocycles. The van der Waals surface area contributed by atoms with E-state index in [9.17, 15) is 14.4 Å². The summed E-state index contributed by atoms with van der Waals surface area (Å²) in [6.45, 7) is 2.42. The number of para-hydroxylation sites is 1. The van der Waals surface area contributed by atoms with Crippen LogP contribution in [0.25, 0.3) is 0 Å². The third-order valence-electron chi connectivity index (χ3n) is 4.07. The zero-order valence-corrected chi connectivity index (χ0v) is 15.4. The largest absolute Gasteiger partial charge is 0.452 e. The van der Waals surface area contributed by atoms with Crippen LogP contribution in [0.15, 0.2) is 24.3 Å². The molecule has 7 nitrogen and oxygen atoms in total. The van der Waals surface area contributed by atoms with Gasteiger partial charge in [0.15, 0.2) is 6.61 Å². The molecule has 142 valence electrons. The van der Waals surface area contributed by atoms with Gasteiger partial charge in [0, 0.05) is 25.3 Å². The van der Waals surface area contributed by atoms with E-state index in [2.05, 4.69) is 17.6 Å². The van der Waals surface area contributed by atoms with Gasteiger partial charge in [-0.3, -0.25) is 9.59 Å². The van der Waals surface area contributed by atoms with E-state index in [0.717, 1.165) is 32.2 Å². The standard InChI is InChI=1S/C19H27N3O4/c1-3-4-11-20-16-8-6-5-7-15(16)19(25)26-13-18(24)22(2)12-17(23)21-14-9-10-14/h5-8,14,20H,3-4,9-13H2,1-2H3,(H,21,23). The van der Waals surface area contributed by atoms with E-state index in [0.29, 0.717) is 11.3 Å². The van der Waals surface area contributed by atoms with Crippen LogP contribution < -0.4 is 10.6 Å². The molecule has 0 aliphatic heterocycles. The second kappa shape index (κ2) is 9.79. The molecule has 1 saturated carbocycles. The Morgan fingerprint density at radius 2 is 1.96 bits per heavy atom. The van der Waals surface area contributed by atoms with E-state index in [4.69, 9.17) is 4.74 Å². The number of benzene rings is 1. The van der Waals surface area contributed by atoms with Crippen molar-refractivity contribution in [3.05, 3.63) is 29.8 Å². The maximum atomic E-state index is 12.3. The second-order valence-electron chi connectivity index (χ2n) is 6.49. The minimum atomic E-state index is -0.561. The molecule has 0 unspecified atom stereocenters. The Morgan fingerprint density at radius 3 is 2.65 bits per heavy atom. The highest BCUT2D eigenvalue weighted by atomic mass is 16.5. The molecule has 1 aromatic carbocycles. The Bertz CT molecular complexity index is 643. The number of carbonyl (C=O) groups excluding carboxylic acids is 3. The van der Waals surface area contributed by atoms with Gasteiger partial charge in [0.25, 0.3) is 5.91 Å². The number of esters is 1. The summed E-state index contributed by atoms with van der Waals surface area (Å²) in [7, 11) is 1.52. The van der Waals surface area contributed by atoms with Gasteiger partial charge in [-0.25, -0.2) is 4.79 Å². The van der Waals surface area contributed by atoms with Crippen molar-refractivity contribution in [2.45, 2.75) is 38.6 Å². The SMILES string of the molecule is CCCCNc1ccccc1C(=O)OCC(=O)N(C)CC(=O)NC1CC1. The van der Waals surface area contributed by atoms with Gasteiger partial charge in [0.05, 0.1) is 12.1 Å². The molecule has 0 radical (unpaired) electrons. The highest BCUT2D eigenvalue weighted by Crippen LogP contribution is 2.18. The first-order valence-corrected chi connectivity index (χ1v) is 9.04. The number of likely N-dealkylation sites (N-methyl/N-ethyl adjacent to an activating group) is 1. The number of carbonyl (C=O) groups is 3. The smallest absolute Gasteiger partial charge is 0.340 e. The lowest BCUT2D eigenvalue weighted by atomic mass is 10.1. The summed E-state index contributed by atoms with van der Waals surface area (Å²) in [6, 6.07) is 7.30. The van der Waals surface area contributed by atoms with Gasteiger partial charge < -0.3 is 20.3 Å². The summed E-state index contributed by atoms with van der Waals surface area (Å²) in [5.41, 5.74) is 1.08. The number of nitrogens with one attached hydrogen (secondary N) is 2. The van der Waals surface area contributed by atoms with Crippen molar-refractivity contribution in [2.24, 2.45) is 0 Å². The van der Waals surface area contributed by atoms with Crippen LogP contribution in [0.4, 0.5) is 5.69 Å². The van der Waals surface area contributed by atoms with Crippen LogP contribution in [0.1, 0.15) is 43.0 Å². The third-order valence-corrected chi connectivity index (χ3v) is 4.07. The second-order valence-corrected chi connectivity index (χ2v) is 6.49. The van der Waals surface area contributed by atoms with Gasteiger partial charge in [0.1, 0.15) is 0 Å². The van der Waals surface area contributed by atoms with Crippen LogP contribution in [0.5, 0.6) is 0 Å². The number of hydrogen-bond donors (Lipinski definition) is 2. The predicted molar refractivity (Wildman–Crippen MR) is 98.9 cm³/mol. The lowest BCUT2D eigenvalue weighted by Crippen LogP contribution is -2.40. The number of hydrogen-bond acceptors (Lipinski definition) is 5. The molecule has 2 N–H and O–H groups in total. The van der Waals surface area contributed by atoms with Gasteiger partial charge >= 0.3 is 5.97 Å². The molecule has 0 atom stereocenters. The molecule has 7 heteroatoms. The number of unbranched alkanes of at least 4 members (excludes halogenated alkanes) is 1. The molecule has 0 heterocycles. The van der Waals surface area contributed by atoms with Crippen molar-refractivity contribution >= 4 is 23.5 Å². The Labute approximate surface area is 154 Å². The summed E-state index contributed by atoms with van der Waals surface area (Å²) in [6.07, 6.45) is 4.03. The van der Waals surface area contributed by atoms with Gasteiger partial charge in [-0.2, -0.15) is 0 Å². The van der Waals surface area contributed by atoms with Gasteiger partial charge in [-0.05, 0) is 31.4 Å². The third kappa shape index (κ3) is 6.38. The predicted octanol–water partition coefficient (Wildman–Crippen LogP) is 1.79. The van der Waals surface area contributed by atoms with Crippen molar-refractivity contribution in [3.8, 4) is 0 Å². The molecule has 0 saturated heterocycles. The molecule has 1 aromatic rings. The Balaban J connectivity index is 1.81. The normalized spacial score (nSPS) is 13.0. The Kier molecular flexibility index (Phi) is 7.44. The topological polar surface area (TPSA) is 87.7 Å². The van der Waals surface area contributed by atoms with E-state index in [1.807, 2.05) is 12.1 Å². The minimum absolute atomic E-state index is 0.0396. The van der Waals surface area contributed by atoms with Crippen molar-refractivity contribution in [2.75, 3.05) is 32.1 Å². The summed E-state index contributed by atoms with van der Waals surface area (Å²) >= 11 is 0. The van der Waals surface area contributed by atoms with Crippen LogP contribution >= 0.6 is 0 Å². The number of ether oxygens (including phenoxy) is 1. The quantitative estimate of drug-likeness (QED) is 0.490. The lowest BCUT2D eigenvalue weighted by molar-refractivity contribution is -0.137. The van der Waals surface area contributed by atoms with E-state index in [1.54, 1.807) is 12.1 Å². The van der Waals surface area contributed by atoms with E-state index in [-0.39, 0.29) is 18.5 Å². The van der Waals surface area contributed by atoms with Crippen molar-refractivity contribution in [3.63, 3.8) is 0 Å². The van der Waals surface area contributed by atoms with Crippen LogP contribution in [-0.4, -0.2) is 55.5 Å². The first-order chi connectivity index (χ1) is 12.5. The number of rotatable bonds is 10. The summed E-state index contributed by atoms with van der Waals surface area (Å²) in [5.74, 6) is -1.17. The first-order valence-electron chi connectivity index (χ1n) is 9.04. The number of amides is 2. The highest BCUT2D eigenvalue weighted by Gasteiger charge is 2.24. The Morgan fingerprint density at radius 1 is 1.23 bits per heavy atom. The van der Waals surface area contributed by atoms with Crippen LogP contribution in [0, 0.1) is 0 Å². The van der Waals surface area contributed by atoms with Gasteiger partial charge in [-0.15, -0.1) is 0 Å². The fourth-order valence-corrected chi connectivity index (χ4v) is 2.33. The number of nitrogens with zero attached hydrogens (tertiary/aromatic N) is 1. The fraction of sp³-hybridized carbons (Fsp3) is 0.526. The monoisotopic (exact) mass is 361 g/mol. The molecule has 1 aliphatic carbocycles. The van der Waals surface area contributed by atoms with Gasteiger partial charge in [0.2, 0.25) is 5.91 Å². The van der Waals surface area contributed by atoms with Crippen molar-refractivity contribution in [1.29, 1.82) is 0 Å². The molecule has 2 rings (SSSR count). The average Bonchev–Trinajstić information content (AvgIpc) is 3.43. The first kappa shape index (κ1) is 19.8. The lowest BCUT2D eigenvalue weighted by Gasteiger charge is -2.17. The molecule has 0 bridgehead atoms. The van der Waals surface area contributed by atoms with Crippen LogP contribution in [-0.2, 0) is 14.3 Å². The summed E-state index contributed by atoms with van der Waals surface area (Å²) in [4.78, 5) is 37.3. The molecular formula is C19H27N3O4. The van der Waals surface area contributed by atoms with Crippen LogP contribution in [0.3, 0.4) is 0 Å². The summed E-state index contributed by atoms with van der Waals surface area (Å²) in [5, 5.41) is 6.02. The van der Waals surface area contributed by atoms with Crippen molar-refractivity contribution in [1.82, 2.24) is 10.2 Å². The zero-order valence-electron chi connectivity index (χ0n) is 15.4. The minimum Gasteiger partial charge on any atom is -0.452 e. The molecule has 0 spiro atoms. The maximum absolute atomic E-state index is 12.3. The molecule has 2 amide bonds. The van der Waals surface area contributed by atoms with Gasteiger partial charge in [-0.1, -0.05) is 25.5 Å². The van der Waals surface area contributed by atoms with E-state index in [1.165, 1.54) is 11.9 Å². The zero-order chi connectivity index (χ0) is 18.9.